The molecule has 1 unspecified atom stereocenters. The van der Waals surface area contributed by atoms with Gasteiger partial charge in [-0.2, -0.15) is 0 Å². The highest BCUT2D eigenvalue weighted by Crippen LogP contribution is 2.30. The zero-order valence-electron chi connectivity index (χ0n) is 11.6. The van der Waals surface area contributed by atoms with Crippen molar-refractivity contribution in [2.45, 2.75) is 27.2 Å². The first-order valence-electron chi connectivity index (χ1n) is 6.71. The van der Waals surface area contributed by atoms with E-state index < -0.39 is 0 Å². The van der Waals surface area contributed by atoms with Crippen LogP contribution in [0, 0.1) is 17.7 Å². The van der Waals surface area contributed by atoms with Gasteiger partial charge in [0.15, 0.2) is 5.78 Å². The summed E-state index contributed by atoms with van der Waals surface area (Å²) in [5.41, 5.74) is 2.60. The number of hydrogen-bond acceptors (Lipinski definition) is 1. The van der Waals surface area contributed by atoms with Crippen LogP contribution in [0.1, 0.15) is 32.8 Å². The Morgan fingerprint density at radius 3 is 2.47 bits per heavy atom. The Morgan fingerprint density at radius 1 is 1.26 bits per heavy atom. The standard InChI is InChI=1S/C17H19FO/c1-11(2)15-9-4-12(3)16(17(15)19)10-13-5-7-14(18)8-6-13/h5-12H,4H2,1-3H3/b16-10+. The maximum Gasteiger partial charge on any atom is 0.185 e. The minimum atomic E-state index is -0.257. The summed E-state index contributed by atoms with van der Waals surface area (Å²) in [7, 11) is 0. The number of allylic oxidation sites excluding steroid dienone is 3. The molecule has 100 valence electrons. The fourth-order valence-corrected chi connectivity index (χ4v) is 2.36. The molecule has 1 aromatic carbocycles. The van der Waals surface area contributed by atoms with Gasteiger partial charge in [-0.05, 0) is 47.6 Å². The molecule has 1 aromatic rings. The normalized spacial score (nSPS) is 21.9. The number of halogens is 1. The third-order valence-corrected chi connectivity index (χ3v) is 3.56. The van der Waals surface area contributed by atoms with E-state index in [2.05, 4.69) is 13.0 Å². The lowest BCUT2D eigenvalue weighted by Gasteiger charge is -2.23. The van der Waals surface area contributed by atoms with Crippen LogP contribution in [0.2, 0.25) is 0 Å². The van der Waals surface area contributed by atoms with E-state index in [-0.39, 0.29) is 23.4 Å². The summed E-state index contributed by atoms with van der Waals surface area (Å²) in [6.45, 7) is 6.13. The molecule has 0 bridgehead atoms. The molecule has 0 fully saturated rings. The molecule has 19 heavy (non-hydrogen) atoms. The fraction of sp³-hybridized carbons (Fsp3) is 0.353. The second kappa shape index (κ2) is 5.52. The van der Waals surface area contributed by atoms with Gasteiger partial charge in [0.05, 0.1) is 0 Å². The Labute approximate surface area is 113 Å². The van der Waals surface area contributed by atoms with E-state index in [4.69, 9.17) is 0 Å². The van der Waals surface area contributed by atoms with Crippen LogP contribution in [0.15, 0.2) is 41.5 Å². The van der Waals surface area contributed by atoms with Gasteiger partial charge in [-0.25, -0.2) is 4.39 Å². The van der Waals surface area contributed by atoms with E-state index in [0.29, 0.717) is 0 Å². The van der Waals surface area contributed by atoms with E-state index in [0.717, 1.165) is 23.1 Å². The van der Waals surface area contributed by atoms with Crippen molar-refractivity contribution in [3.05, 3.63) is 52.9 Å². The summed E-state index contributed by atoms with van der Waals surface area (Å²) in [6, 6.07) is 6.25. The molecule has 0 amide bonds. The van der Waals surface area contributed by atoms with Gasteiger partial charge in [0.1, 0.15) is 5.82 Å². The summed E-state index contributed by atoms with van der Waals surface area (Å²) in [5.74, 6) is 0.350. The molecule has 0 heterocycles. The van der Waals surface area contributed by atoms with Crippen molar-refractivity contribution >= 4 is 11.9 Å². The SMILES string of the molecule is CC(C)C1=CCC(C)/C(=C\c2ccc(F)cc2)C1=O. The van der Waals surface area contributed by atoms with Gasteiger partial charge in [-0.15, -0.1) is 0 Å². The molecular formula is C17H19FO. The van der Waals surface area contributed by atoms with Crippen LogP contribution in [-0.2, 0) is 4.79 Å². The number of carbonyl (C=O) groups excluding carboxylic acids is 1. The molecule has 0 aromatic heterocycles. The minimum absolute atomic E-state index is 0.137. The molecule has 0 radical (unpaired) electrons. The van der Waals surface area contributed by atoms with E-state index in [1.54, 1.807) is 12.1 Å². The van der Waals surface area contributed by atoms with Crippen LogP contribution in [0.3, 0.4) is 0 Å². The Morgan fingerprint density at radius 2 is 1.89 bits per heavy atom. The topological polar surface area (TPSA) is 17.1 Å². The van der Waals surface area contributed by atoms with Crippen molar-refractivity contribution in [3.8, 4) is 0 Å². The molecule has 1 aliphatic rings. The van der Waals surface area contributed by atoms with E-state index in [9.17, 15) is 9.18 Å². The van der Waals surface area contributed by atoms with Crippen LogP contribution >= 0.6 is 0 Å². The first kappa shape index (κ1) is 13.7. The second-order valence-corrected chi connectivity index (χ2v) is 5.43. The van der Waals surface area contributed by atoms with Gasteiger partial charge in [-0.3, -0.25) is 4.79 Å². The second-order valence-electron chi connectivity index (χ2n) is 5.43. The fourth-order valence-electron chi connectivity index (χ4n) is 2.36. The molecule has 0 saturated heterocycles. The summed E-state index contributed by atoms with van der Waals surface area (Å²) in [6.07, 6.45) is 4.84. The Hall–Kier alpha value is -1.70. The van der Waals surface area contributed by atoms with Crippen LogP contribution in [0.5, 0.6) is 0 Å². The van der Waals surface area contributed by atoms with Gasteiger partial charge >= 0.3 is 0 Å². The summed E-state index contributed by atoms with van der Waals surface area (Å²) in [4.78, 5) is 12.4. The van der Waals surface area contributed by atoms with Gasteiger partial charge in [0.25, 0.3) is 0 Å². The van der Waals surface area contributed by atoms with Crippen LogP contribution in [-0.4, -0.2) is 5.78 Å². The largest absolute Gasteiger partial charge is 0.289 e. The average Bonchev–Trinajstić information content (AvgIpc) is 2.36. The van der Waals surface area contributed by atoms with E-state index in [1.807, 2.05) is 19.9 Å². The van der Waals surface area contributed by atoms with Crippen LogP contribution < -0.4 is 0 Å². The molecular weight excluding hydrogens is 239 g/mol. The number of hydrogen-bond donors (Lipinski definition) is 0. The maximum absolute atomic E-state index is 12.9. The van der Waals surface area contributed by atoms with Gasteiger partial charge in [-0.1, -0.05) is 39.0 Å². The molecule has 0 saturated carbocycles. The monoisotopic (exact) mass is 258 g/mol. The molecule has 0 aliphatic heterocycles. The smallest absolute Gasteiger partial charge is 0.185 e. The van der Waals surface area contributed by atoms with E-state index in [1.165, 1.54) is 12.1 Å². The maximum atomic E-state index is 12.9. The van der Waals surface area contributed by atoms with Crippen molar-refractivity contribution in [2.75, 3.05) is 0 Å². The molecule has 1 atom stereocenters. The predicted molar refractivity (Wildman–Crippen MR) is 76.1 cm³/mol. The Bertz CT molecular complexity index is 535. The number of carbonyl (C=O) groups is 1. The minimum Gasteiger partial charge on any atom is -0.289 e. The quantitative estimate of drug-likeness (QED) is 0.718. The third kappa shape index (κ3) is 3.01. The zero-order chi connectivity index (χ0) is 14.0. The molecule has 2 rings (SSSR count). The number of ketones is 1. The Balaban J connectivity index is 2.35. The first-order chi connectivity index (χ1) is 8.99. The lowest BCUT2D eigenvalue weighted by molar-refractivity contribution is -0.113. The predicted octanol–water partition coefficient (Wildman–Crippen LogP) is 4.40. The average molecular weight is 258 g/mol. The van der Waals surface area contributed by atoms with Crippen molar-refractivity contribution < 1.29 is 9.18 Å². The highest BCUT2D eigenvalue weighted by atomic mass is 19.1. The van der Waals surface area contributed by atoms with E-state index >= 15 is 0 Å². The lowest BCUT2D eigenvalue weighted by atomic mass is 9.80. The third-order valence-electron chi connectivity index (χ3n) is 3.56. The van der Waals surface area contributed by atoms with Gasteiger partial charge in [0.2, 0.25) is 0 Å². The van der Waals surface area contributed by atoms with Crippen LogP contribution in [0.25, 0.3) is 6.08 Å². The molecule has 1 nitrogen and oxygen atoms in total. The lowest BCUT2D eigenvalue weighted by Crippen LogP contribution is -2.20. The molecule has 1 aliphatic carbocycles. The highest BCUT2D eigenvalue weighted by molar-refractivity contribution is 6.12. The van der Waals surface area contributed by atoms with Gasteiger partial charge in [0, 0.05) is 5.57 Å². The van der Waals surface area contributed by atoms with Crippen molar-refractivity contribution in [1.29, 1.82) is 0 Å². The van der Waals surface area contributed by atoms with Crippen molar-refractivity contribution in [2.24, 2.45) is 11.8 Å². The van der Waals surface area contributed by atoms with Crippen LogP contribution in [0.4, 0.5) is 4.39 Å². The summed E-state index contributed by atoms with van der Waals surface area (Å²) in [5, 5.41) is 0. The summed E-state index contributed by atoms with van der Waals surface area (Å²) >= 11 is 0. The molecule has 0 N–H and O–H groups in total. The Kier molecular flexibility index (Phi) is 3.98. The molecule has 0 spiro atoms. The first-order valence-corrected chi connectivity index (χ1v) is 6.71. The zero-order valence-corrected chi connectivity index (χ0v) is 11.6. The van der Waals surface area contributed by atoms with Crippen molar-refractivity contribution in [3.63, 3.8) is 0 Å². The molecule has 2 heteroatoms. The number of benzene rings is 1. The number of Topliss-reactive ketones (excluding diaryl/α,β-unsaturated/α-hetero) is 1. The number of rotatable bonds is 2. The highest BCUT2D eigenvalue weighted by Gasteiger charge is 2.26. The van der Waals surface area contributed by atoms with Crippen molar-refractivity contribution in [1.82, 2.24) is 0 Å². The summed E-state index contributed by atoms with van der Waals surface area (Å²) < 4.78 is 12.9. The van der Waals surface area contributed by atoms with Gasteiger partial charge < -0.3 is 0 Å².